The molecule has 0 aromatic carbocycles. The molecule has 0 radical (unpaired) electrons. The van der Waals surface area contributed by atoms with Crippen LogP contribution >= 0.6 is 11.3 Å². The van der Waals surface area contributed by atoms with Gasteiger partial charge in [-0.05, 0) is 30.7 Å². The number of hydrogen-bond acceptors (Lipinski definition) is 2. The molecule has 1 fully saturated rings. The van der Waals surface area contributed by atoms with Gasteiger partial charge in [0.2, 0.25) is 5.92 Å². The summed E-state index contributed by atoms with van der Waals surface area (Å²) in [5, 5.41) is 1.99. The summed E-state index contributed by atoms with van der Waals surface area (Å²) >= 11 is 1.64. The van der Waals surface area contributed by atoms with Gasteiger partial charge in [-0.15, -0.1) is 11.3 Å². The van der Waals surface area contributed by atoms with Gasteiger partial charge in [0.25, 0.3) is 0 Å². The number of alkyl halides is 2. The Bertz CT molecular complexity index is 363. The quantitative estimate of drug-likeness (QED) is 0.795. The lowest BCUT2D eigenvalue weighted by atomic mass is 9.83. The molecule has 1 heterocycles. The van der Waals surface area contributed by atoms with Crippen molar-refractivity contribution in [2.75, 3.05) is 0 Å². The van der Waals surface area contributed by atoms with Crippen LogP contribution in [0.15, 0.2) is 17.5 Å². The lowest BCUT2D eigenvalue weighted by molar-refractivity contribution is -0.126. The van der Waals surface area contributed by atoms with E-state index in [-0.39, 0.29) is 24.5 Å². The zero-order valence-corrected chi connectivity index (χ0v) is 10.4. The fourth-order valence-corrected chi connectivity index (χ4v) is 2.98. The van der Waals surface area contributed by atoms with Crippen LogP contribution in [0.25, 0.3) is 0 Å². The van der Waals surface area contributed by atoms with Crippen molar-refractivity contribution in [2.45, 2.75) is 44.4 Å². The summed E-state index contributed by atoms with van der Waals surface area (Å²) in [6, 6.07) is 3.97. The van der Waals surface area contributed by atoms with Crippen molar-refractivity contribution < 1.29 is 13.6 Å². The van der Waals surface area contributed by atoms with Crippen molar-refractivity contribution in [2.24, 2.45) is 5.92 Å². The van der Waals surface area contributed by atoms with E-state index in [1.807, 2.05) is 17.5 Å². The molecule has 0 spiro atoms. The molecule has 0 saturated heterocycles. The molecule has 0 bridgehead atoms. The maximum absolute atomic E-state index is 12.9. The number of halogens is 2. The van der Waals surface area contributed by atoms with Crippen LogP contribution in [-0.4, -0.2) is 11.7 Å². The van der Waals surface area contributed by atoms with Crippen LogP contribution in [0.2, 0.25) is 0 Å². The lowest BCUT2D eigenvalue weighted by Crippen LogP contribution is -2.28. The topological polar surface area (TPSA) is 17.1 Å². The summed E-state index contributed by atoms with van der Waals surface area (Å²) < 4.78 is 25.9. The van der Waals surface area contributed by atoms with E-state index in [1.165, 1.54) is 4.88 Å². The van der Waals surface area contributed by atoms with Crippen LogP contribution < -0.4 is 0 Å². The molecule has 1 aliphatic rings. The number of thiophene rings is 1. The highest BCUT2D eigenvalue weighted by Crippen LogP contribution is 2.36. The normalized spacial score (nSPS) is 20.4. The number of carbonyl (C=O) groups excluding carboxylic acids is 1. The zero-order valence-electron chi connectivity index (χ0n) is 9.62. The first-order chi connectivity index (χ1) is 8.07. The fraction of sp³-hybridized carbons (Fsp3) is 0.615. The summed E-state index contributed by atoms with van der Waals surface area (Å²) in [7, 11) is 0. The maximum Gasteiger partial charge on any atom is 0.248 e. The molecule has 0 N–H and O–H groups in total. The monoisotopic (exact) mass is 258 g/mol. The predicted molar refractivity (Wildman–Crippen MR) is 64.6 cm³/mol. The lowest BCUT2D eigenvalue weighted by Gasteiger charge is -2.27. The summed E-state index contributed by atoms with van der Waals surface area (Å²) in [5.41, 5.74) is 0. The van der Waals surface area contributed by atoms with Crippen LogP contribution in [0.3, 0.4) is 0 Å². The minimum Gasteiger partial charge on any atom is -0.299 e. The van der Waals surface area contributed by atoms with E-state index in [1.54, 1.807) is 11.3 Å². The molecular formula is C13H16F2OS. The van der Waals surface area contributed by atoms with Crippen molar-refractivity contribution >= 4 is 17.1 Å². The van der Waals surface area contributed by atoms with Gasteiger partial charge in [0.05, 0.1) is 0 Å². The van der Waals surface area contributed by atoms with Gasteiger partial charge in [-0.25, -0.2) is 8.78 Å². The van der Waals surface area contributed by atoms with E-state index in [4.69, 9.17) is 0 Å². The molecule has 1 aliphatic carbocycles. The van der Waals surface area contributed by atoms with E-state index in [0.29, 0.717) is 19.3 Å². The second-order valence-corrected chi connectivity index (χ2v) is 5.71. The number of hydrogen-bond donors (Lipinski definition) is 0. The van der Waals surface area contributed by atoms with Gasteiger partial charge in [0.15, 0.2) is 0 Å². The SMILES string of the molecule is O=C(CCc1cccs1)C1CCC(F)(F)CC1. The number of ketones is 1. The highest BCUT2D eigenvalue weighted by Gasteiger charge is 2.36. The van der Waals surface area contributed by atoms with Crippen molar-refractivity contribution in [1.82, 2.24) is 0 Å². The smallest absolute Gasteiger partial charge is 0.248 e. The van der Waals surface area contributed by atoms with Crippen LogP contribution in [0, 0.1) is 5.92 Å². The van der Waals surface area contributed by atoms with Crippen molar-refractivity contribution in [3.63, 3.8) is 0 Å². The fourth-order valence-electron chi connectivity index (χ4n) is 2.27. The number of carbonyl (C=O) groups is 1. The molecule has 0 amide bonds. The Morgan fingerprint density at radius 2 is 2.12 bits per heavy atom. The second-order valence-electron chi connectivity index (χ2n) is 4.68. The Balaban J connectivity index is 1.77. The highest BCUT2D eigenvalue weighted by molar-refractivity contribution is 7.09. The molecule has 1 aromatic heterocycles. The predicted octanol–water partition coefficient (Wildman–Crippen LogP) is 4.08. The molecule has 2 rings (SSSR count). The standard InChI is InChI=1S/C13H16F2OS/c14-13(15)7-5-10(6-8-13)12(16)4-3-11-2-1-9-17-11/h1-2,9-10H,3-8H2. The van der Waals surface area contributed by atoms with Gasteiger partial charge in [0.1, 0.15) is 5.78 Å². The van der Waals surface area contributed by atoms with Gasteiger partial charge < -0.3 is 0 Å². The van der Waals surface area contributed by atoms with E-state index in [2.05, 4.69) is 0 Å². The minimum absolute atomic E-state index is 0.123. The molecule has 0 unspecified atom stereocenters. The Labute approximate surface area is 104 Å². The molecule has 4 heteroatoms. The molecular weight excluding hydrogens is 242 g/mol. The average molecular weight is 258 g/mol. The van der Waals surface area contributed by atoms with Crippen LogP contribution in [0.1, 0.15) is 37.0 Å². The van der Waals surface area contributed by atoms with Crippen LogP contribution in [0.4, 0.5) is 8.78 Å². The van der Waals surface area contributed by atoms with Crippen molar-refractivity contribution in [1.29, 1.82) is 0 Å². The molecule has 17 heavy (non-hydrogen) atoms. The third-order valence-corrected chi connectivity index (χ3v) is 4.31. The Morgan fingerprint density at radius 3 is 2.71 bits per heavy atom. The van der Waals surface area contributed by atoms with E-state index in [0.717, 1.165) is 6.42 Å². The Hall–Kier alpha value is -0.770. The third kappa shape index (κ3) is 3.60. The first-order valence-electron chi connectivity index (χ1n) is 6.00. The largest absolute Gasteiger partial charge is 0.299 e. The van der Waals surface area contributed by atoms with Crippen molar-refractivity contribution in [3.8, 4) is 0 Å². The maximum atomic E-state index is 12.9. The van der Waals surface area contributed by atoms with Crippen molar-refractivity contribution in [3.05, 3.63) is 22.4 Å². The van der Waals surface area contributed by atoms with Crippen LogP contribution in [0.5, 0.6) is 0 Å². The van der Waals surface area contributed by atoms with Gasteiger partial charge in [-0.3, -0.25) is 4.79 Å². The molecule has 94 valence electrons. The number of Topliss-reactive ketones (excluding diaryl/α,β-unsaturated/α-hetero) is 1. The molecule has 0 aliphatic heterocycles. The number of aryl methyl sites for hydroxylation is 1. The third-order valence-electron chi connectivity index (χ3n) is 3.37. The van der Waals surface area contributed by atoms with Gasteiger partial charge in [-0.1, -0.05) is 6.07 Å². The summed E-state index contributed by atoms with van der Waals surface area (Å²) in [5.74, 6) is -2.51. The molecule has 0 atom stereocenters. The minimum atomic E-state index is -2.54. The van der Waals surface area contributed by atoms with Gasteiger partial charge in [-0.2, -0.15) is 0 Å². The summed E-state index contributed by atoms with van der Waals surface area (Å²) in [4.78, 5) is 13.1. The summed E-state index contributed by atoms with van der Waals surface area (Å²) in [6.45, 7) is 0. The van der Waals surface area contributed by atoms with Crippen LogP contribution in [-0.2, 0) is 11.2 Å². The molecule has 1 aromatic rings. The zero-order chi connectivity index (χ0) is 12.3. The van der Waals surface area contributed by atoms with E-state index < -0.39 is 5.92 Å². The second kappa shape index (κ2) is 5.25. The Morgan fingerprint density at radius 1 is 1.41 bits per heavy atom. The Kier molecular flexibility index (Phi) is 3.92. The first-order valence-corrected chi connectivity index (χ1v) is 6.88. The number of rotatable bonds is 4. The van der Waals surface area contributed by atoms with E-state index >= 15 is 0 Å². The highest BCUT2D eigenvalue weighted by atomic mass is 32.1. The summed E-state index contributed by atoms with van der Waals surface area (Å²) in [6.07, 6.45) is 1.72. The van der Waals surface area contributed by atoms with Gasteiger partial charge >= 0.3 is 0 Å². The average Bonchev–Trinajstić information content (AvgIpc) is 2.78. The first kappa shape index (κ1) is 12.7. The van der Waals surface area contributed by atoms with Gasteiger partial charge in [0, 0.05) is 30.1 Å². The molecule has 1 nitrogen and oxygen atoms in total. The molecule has 1 saturated carbocycles. The van der Waals surface area contributed by atoms with E-state index in [9.17, 15) is 13.6 Å².